The highest BCUT2D eigenvalue weighted by Gasteiger charge is 2.29. The summed E-state index contributed by atoms with van der Waals surface area (Å²) in [5.41, 5.74) is 1.16. The zero-order chi connectivity index (χ0) is 11.8. The molecule has 0 aromatic heterocycles. The molecule has 90 valence electrons. The minimum absolute atomic E-state index is 0.182. The molecule has 1 aliphatic carbocycles. The van der Waals surface area contributed by atoms with Crippen LogP contribution in [-0.4, -0.2) is 29.7 Å². The van der Waals surface area contributed by atoms with Gasteiger partial charge in [0.25, 0.3) is 0 Å². The first-order valence-corrected chi connectivity index (χ1v) is 6.12. The van der Waals surface area contributed by atoms with Gasteiger partial charge in [-0.3, -0.25) is 0 Å². The van der Waals surface area contributed by atoms with Crippen molar-refractivity contribution in [3.8, 4) is 0 Å². The molecular weight excluding hydrogens is 202 g/mol. The van der Waals surface area contributed by atoms with Crippen LogP contribution in [0, 0.1) is 5.92 Å². The van der Waals surface area contributed by atoms with E-state index in [0.29, 0.717) is 0 Å². The summed E-state index contributed by atoms with van der Waals surface area (Å²) in [5.74, 6) is 0.834. The second kappa shape index (κ2) is 4.11. The van der Waals surface area contributed by atoms with E-state index in [1.54, 1.807) is 10.5 Å². The molecule has 0 atom stereocenters. The Labute approximate surface area is 97.5 Å². The molecule has 0 unspecified atom stereocenters. The maximum Gasteiger partial charge on any atom is 0.410 e. The van der Waals surface area contributed by atoms with Crippen molar-refractivity contribution >= 4 is 6.09 Å². The predicted molar refractivity (Wildman–Crippen MR) is 63.2 cm³/mol. The number of hydrogen-bond donors (Lipinski definition) is 0. The van der Waals surface area contributed by atoms with E-state index in [-0.39, 0.29) is 6.09 Å². The number of carbonyl (C=O) groups excluding carboxylic acids is 1. The summed E-state index contributed by atoms with van der Waals surface area (Å²) < 4.78 is 5.35. The maximum atomic E-state index is 11.8. The summed E-state index contributed by atoms with van der Waals surface area (Å²) in [6, 6.07) is 0. The molecular formula is C13H21NO2. The normalized spacial score (nSPS) is 21.7. The van der Waals surface area contributed by atoms with Crippen LogP contribution in [0.3, 0.4) is 0 Å². The zero-order valence-corrected chi connectivity index (χ0v) is 10.5. The second-order valence-electron chi connectivity index (χ2n) is 5.73. The number of carbonyl (C=O) groups is 1. The fraction of sp³-hybridized carbons (Fsp3) is 0.769. The smallest absolute Gasteiger partial charge is 0.410 e. The van der Waals surface area contributed by atoms with E-state index in [0.717, 1.165) is 25.4 Å². The van der Waals surface area contributed by atoms with Crippen molar-refractivity contribution in [2.24, 2.45) is 5.92 Å². The fourth-order valence-corrected chi connectivity index (χ4v) is 2.00. The number of nitrogens with zero attached hydrogens (tertiary/aromatic N) is 1. The van der Waals surface area contributed by atoms with Crippen LogP contribution in [0.5, 0.6) is 0 Å². The fourth-order valence-electron chi connectivity index (χ4n) is 2.00. The SMILES string of the molecule is CC(C)(C)OC(=O)N1CC=C(C2CC2)CC1. The van der Waals surface area contributed by atoms with Crippen molar-refractivity contribution in [3.63, 3.8) is 0 Å². The van der Waals surface area contributed by atoms with Gasteiger partial charge in [-0.25, -0.2) is 4.79 Å². The Bertz CT molecular complexity index is 310. The first-order chi connectivity index (χ1) is 7.46. The zero-order valence-electron chi connectivity index (χ0n) is 10.5. The third-order valence-corrected chi connectivity index (χ3v) is 3.00. The quantitative estimate of drug-likeness (QED) is 0.640. The number of amides is 1. The van der Waals surface area contributed by atoms with Gasteiger partial charge in [-0.2, -0.15) is 0 Å². The Kier molecular flexibility index (Phi) is 2.96. The molecule has 16 heavy (non-hydrogen) atoms. The van der Waals surface area contributed by atoms with Crippen LogP contribution >= 0.6 is 0 Å². The summed E-state index contributed by atoms with van der Waals surface area (Å²) in [6.45, 7) is 7.25. The molecule has 0 aromatic rings. The van der Waals surface area contributed by atoms with Gasteiger partial charge in [-0.1, -0.05) is 11.6 Å². The van der Waals surface area contributed by atoms with E-state index < -0.39 is 5.60 Å². The van der Waals surface area contributed by atoms with E-state index in [9.17, 15) is 4.79 Å². The lowest BCUT2D eigenvalue weighted by Gasteiger charge is -2.29. The first kappa shape index (κ1) is 11.5. The summed E-state index contributed by atoms with van der Waals surface area (Å²) >= 11 is 0. The van der Waals surface area contributed by atoms with Crippen LogP contribution in [0.2, 0.25) is 0 Å². The molecule has 2 aliphatic rings. The highest BCUT2D eigenvalue weighted by Crippen LogP contribution is 2.39. The van der Waals surface area contributed by atoms with Crippen molar-refractivity contribution in [1.82, 2.24) is 4.90 Å². The summed E-state index contributed by atoms with van der Waals surface area (Å²) in [4.78, 5) is 13.6. The van der Waals surface area contributed by atoms with Crippen molar-refractivity contribution in [2.75, 3.05) is 13.1 Å². The highest BCUT2D eigenvalue weighted by molar-refractivity contribution is 5.68. The highest BCUT2D eigenvalue weighted by atomic mass is 16.6. The maximum absolute atomic E-state index is 11.8. The molecule has 0 aromatic carbocycles. The number of rotatable bonds is 1. The third-order valence-electron chi connectivity index (χ3n) is 3.00. The largest absolute Gasteiger partial charge is 0.444 e. The van der Waals surface area contributed by atoms with E-state index in [4.69, 9.17) is 4.74 Å². The van der Waals surface area contributed by atoms with Crippen LogP contribution in [-0.2, 0) is 4.74 Å². The van der Waals surface area contributed by atoms with Gasteiger partial charge in [-0.15, -0.1) is 0 Å². The molecule has 1 heterocycles. The van der Waals surface area contributed by atoms with E-state index in [1.165, 1.54) is 12.8 Å². The number of hydrogen-bond acceptors (Lipinski definition) is 2. The average Bonchev–Trinajstić information content (AvgIpc) is 2.98. The van der Waals surface area contributed by atoms with Gasteiger partial charge < -0.3 is 9.64 Å². The van der Waals surface area contributed by atoms with Gasteiger partial charge in [0.1, 0.15) is 5.60 Å². The summed E-state index contributed by atoms with van der Waals surface area (Å²) in [7, 11) is 0. The molecule has 0 spiro atoms. The van der Waals surface area contributed by atoms with Gasteiger partial charge >= 0.3 is 6.09 Å². The molecule has 0 saturated heterocycles. The van der Waals surface area contributed by atoms with Crippen LogP contribution in [0.15, 0.2) is 11.6 Å². The minimum Gasteiger partial charge on any atom is -0.444 e. The molecule has 1 saturated carbocycles. The topological polar surface area (TPSA) is 29.5 Å². The Hall–Kier alpha value is -0.990. The summed E-state index contributed by atoms with van der Waals surface area (Å²) in [6.07, 6.45) is 5.75. The lowest BCUT2D eigenvalue weighted by molar-refractivity contribution is 0.0265. The van der Waals surface area contributed by atoms with Crippen LogP contribution in [0.1, 0.15) is 40.0 Å². The molecule has 2 rings (SSSR count). The Morgan fingerprint density at radius 2 is 2.12 bits per heavy atom. The van der Waals surface area contributed by atoms with Gasteiger partial charge in [0.05, 0.1) is 0 Å². The van der Waals surface area contributed by atoms with Crippen molar-refractivity contribution in [3.05, 3.63) is 11.6 Å². The Morgan fingerprint density at radius 1 is 1.44 bits per heavy atom. The van der Waals surface area contributed by atoms with Gasteiger partial charge in [-0.05, 0) is 46.0 Å². The van der Waals surface area contributed by atoms with E-state index in [1.807, 2.05) is 20.8 Å². The molecule has 3 heteroatoms. The Balaban J connectivity index is 1.86. The van der Waals surface area contributed by atoms with Crippen LogP contribution < -0.4 is 0 Å². The van der Waals surface area contributed by atoms with E-state index in [2.05, 4.69) is 6.08 Å². The minimum atomic E-state index is -0.391. The Morgan fingerprint density at radius 3 is 2.56 bits per heavy atom. The molecule has 1 aliphatic heterocycles. The lowest BCUT2D eigenvalue weighted by Crippen LogP contribution is -2.39. The second-order valence-corrected chi connectivity index (χ2v) is 5.73. The van der Waals surface area contributed by atoms with Gasteiger partial charge in [0.2, 0.25) is 0 Å². The van der Waals surface area contributed by atoms with Gasteiger partial charge in [0.15, 0.2) is 0 Å². The van der Waals surface area contributed by atoms with Crippen LogP contribution in [0.4, 0.5) is 4.79 Å². The van der Waals surface area contributed by atoms with Crippen molar-refractivity contribution in [2.45, 2.75) is 45.6 Å². The predicted octanol–water partition coefficient (Wildman–Crippen LogP) is 2.96. The van der Waals surface area contributed by atoms with Crippen molar-refractivity contribution in [1.29, 1.82) is 0 Å². The lowest BCUT2D eigenvalue weighted by atomic mass is 10.0. The van der Waals surface area contributed by atoms with Crippen molar-refractivity contribution < 1.29 is 9.53 Å². The van der Waals surface area contributed by atoms with Crippen LogP contribution in [0.25, 0.3) is 0 Å². The van der Waals surface area contributed by atoms with Gasteiger partial charge in [0, 0.05) is 13.1 Å². The summed E-state index contributed by atoms with van der Waals surface area (Å²) in [5, 5.41) is 0. The van der Waals surface area contributed by atoms with E-state index >= 15 is 0 Å². The standard InChI is InChI=1S/C13H21NO2/c1-13(2,3)16-12(15)14-8-6-11(7-9-14)10-4-5-10/h6,10H,4-5,7-9H2,1-3H3. The average molecular weight is 223 g/mol. The molecule has 1 fully saturated rings. The first-order valence-electron chi connectivity index (χ1n) is 6.12. The molecule has 0 N–H and O–H groups in total. The molecule has 3 nitrogen and oxygen atoms in total. The molecule has 0 bridgehead atoms. The molecule has 1 amide bonds. The monoisotopic (exact) mass is 223 g/mol. The number of ether oxygens (including phenoxy) is 1. The molecule has 0 radical (unpaired) electrons. The third kappa shape index (κ3) is 3.00.